The molecule has 1 aromatic carbocycles. The van der Waals surface area contributed by atoms with E-state index in [-0.39, 0.29) is 5.91 Å². The molecule has 7 heteroatoms. The summed E-state index contributed by atoms with van der Waals surface area (Å²) >= 11 is 0. The summed E-state index contributed by atoms with van der Waals surface area (Å²) in [6, 6.07) is 5.09. The van der Waals surface area contributed by atoms with Crippen LogP contribution in [0.15, 0.2) is 23.1 Å². The highest BCUT2D eigenvalue weighted by atomic mass is 32.2. The Balaban J connectivity index is 1.76. The lowest BCUT2D eigenvalue weighted by molar-refractivity contribution is -0.132. The van der Waals surface area contributed by atoms with Crippen LogP contribution in [0.1, 0.15) is 25.3 Å². The minimum absolute atomic E-state index is 0.0768. The third-order valence-electron chi connectivity index (χ3n) is 4.41. The Bertz CT molecular complexity index is 694. The van der Waals surface area contributed by atoms with Crippen molar-refractivity contribution in [1.82, 2.24) is 9.21 Å². The van der Waals surface area contributed by atoms with Gasteiger partial charge >= 0.3 is 0 Å². The van der Waals surface area contributed by atoms with E-state index >= 15 is 0 Å². The molecule has 6 nitrogen and oxygen atoms in total. The highest BCUT2D eigenvalue weighted by Gasteiger charge is 2.30. The molecule has 0 spiro atoms. The molecular weight excluding hydrogens is 316 g/mol. The van der Waals surface area contributed by atoms with Crippen LogP contribution in [0.4, 0.5) is 0 Å². The average Bonchev–Trinajstić information content (AvgIpc) is 2.60. The van der Waals surface area contributed by atoms with E-state index in [2.05, 4.69) is 0 Å². The summed E-state index contributed by atoms with van der Waals surface area (Å²) in [5, 5.41) is 0. The molecule has 0 bridgehead atoms. The van der Waals surface area contributed by atoms with E-state index in [0.717, 1.165) is 24.2 Å². The van der Waals surface area contributed by atoms with Crippen LogP contribution in [0.5, 0.6) is 5.75 Å². The number of hydrogen-bond donors (Lipinski definition) is 0. The first-order valence-electron chi connectivity index (χ1n) is 8.06. The number of sulfonamides is 1. The summed E-state index contributed by atoms with van der Waals surface area (Å²) in [4.78, 5) is 13.7. The Kier molecular flexibility index (Phi) is 4.59. The van der Waals surface area contributed by atoms with Gasteiger partial charge in [0.1, 0.15) is 5.75 Å². The molecule has 23 heavy (non-hydrogen) atoms. The zero-order chi connectivity index (χ0) is 16.4. The lowest BCUT2D eigenvalue weighted by Crippen LogP contribution is -2.50. The van der Waals surface area contributed by atoms with E-state index in [1.165, 1.54) is 4.31 Å². The number of hydrogen-bond acceptors (Lipinski definition) is 4. The van der Waals surface area contributed by atoms with Crippen LogP contribution in [-0.4, -0.2) is 56.3 Å². The van der Waals surface area contributed by atoms with Crippen molar-refractivity contribution in [2.45, 2.75) is 31.1 Å². The fraction of sp³-hybridized carbons (Fsp3) is 0.562. The topological polar surface area (TPSA) is 66.9 Å². The number of nitrogens with zero attached hydrogens (tertiary/aromatic N) is 2. The number of benzene rings is 1. The molecule has 2 aliphatic heterocycles. The van der Waals surface area contributed by atoms with E-state index in [1.807, 2.05) is 6.92 Å². The van der Waals surface area contributed by atoms with E-state index in [0.29, 0.717) is 44.1 Å². The highest BCUT2D eigenvalue weighted by Crippen LogP contribution is 2.28. The predicted octanol–water partition coefficient (Wildman–Crippen LogP) is 1.25. The van der Waals surface area contributed by atoms with Crippen molar-refractivity contribution in [3.63, 3.8) is 0 Å². The molecule has 0 atom stereocenters. The predicted molar refractivity (Wildman–Crippen MR) is 85.9 cm³/mol. The van der Waals surface area contributed by atoms with Crippen molar-refractivity contribution < 1.29 is 17.9 Å². The van der Waals surface area contributed by atoms with Gasteiger partial charge in [0.25, 0.3) is 0 Å². The molecule has 0 radical (unpaired) electrons. The van der Waals surface area contributed by atoms with Crippen LogP contribution in [0.3, 0.4) is 0 Å². The Labute approximate surface area is 137 Å². The lowest BCUT2D eigenvalue weighted by Gasteiger charge is -2.34. The number of rotatable bonds is 3. The van der Waals surface area contributed by atoms with Crippen LogP contribution in [0, 0.1) is 0 Å². The smallest absolute Gasteiger partial charge is 0.243 e. The second-order valence-corrected chi connectivity index (χ2v) is 7.80. The van der Waals surface area contributed by atoms with Crippen molar-refractivity contribution >= 4 is 15.9 Å². The fourth-order valence-corrected chi connectivity index (χ4v) is 4.52. The summed E-state index contributed by atoms with van der Waals surface area (Å²) in [6.07, 6.45) is 2.21. The minimum atomic E-state index is -3.51. The quantitative estimate of drug-likeness (QED) is 0.832. The van der Waals surface area contributed by atoms with Crippen LogP contribution < -0.4 is 4.74 Å². The molecule has 0 aliphatic carbocycles. The van der Waals surface area contributed by atoms with Gasteiger partial charge in [0.05, 0.1) is 11.5 Å². The van der Waals surface area contributed by atoms with Crippen molar-refractivity contribution in [3.8, 4) is 5.75 Å². The molecule has 1 aromatic rings. The van der Waals surface area contributed by atoms with E-state index in [4.69, 9.17) is 4.74 Å². The minimum Gasteiger partial charge on any atom is -0.493 e. The number of ether oxygens (including phenoxy) is 1. The third kappa shape index (κ3) is 3.21. The Morgan fingerprint density at radius 3 is 2.65 bits per heavy atom. The fourth-order valence-electron chi connectivity index (χ4n) is 3.05. The number of piperazine rings is 1. The third-order valence-corrected chi connectivity index (χ3v) is 6.31. The molecular formula is C16H22N2O4S. The molecule has 2 heterocycles. The normalized spacial score (nSPS) is 19.1. The Morgan fingerprint density at radius 2 is 1.96 bits per heavy atom. The molecule has 3 rings (SSSR count). The van der Waals surface area contributed by atoms with Crippen molar-refractivity contribution in [1.29, 1.82) is 0 Å². The zero-order valence-electron chi connectivity index (χ0n) is 13.3. The maximum atomic E-state index is 12.8. The summed E-state index contributed by atoms with van der Waals surface area (Å²) in [7, 11) is -3.51. The van der Waals surface area contributed by atoms with Gasteiger partial charge in [-0.05, 0) is 36.6 Å². The number of aryl methyl sites for hydroxylation is 1. The number of carbonyl (C=O) groups excluding carboxylic acids is 1. The zero-order valence-corrected chi connectivity index (χ0v) is 14.1. The largest absolute Gasteiger partial charge is 0.493 e. The molecule has 0 N–H and O–H groups in total. The summed E-state index contributed by atoms with van der Waals surface area (Å²) in [5.41, 5.74) is 0.956. The van der Waals surface area contributed by atoms with Gasteiger partial charge in [0, 0.05) is 32.6 Å². The van der Waals surface area contributed by atoms with E-state index in [9.17, 15) is 13.2 Å². The van der Waals surface area contributed by atoms with Gasteiger partial charge in [0.2, 0.25) is 15.9 Å². The number of amides is 1. The van der Waals surface area contributed by atoms with Gasteiger partial charge < -0.3 is 9.64 Å². The van der Waals surface area contributed by atoms with Gasteiger partial charge in [-0.1, -0.05) is 6.92 Å². The summed E-state index contributed by atoms with van der Waals surface area (Å²) < 4.78 is 32.6. The van der Waals surface area contributed by atoms with Crippen LogP contribution in [-0.2, 0) is 21.2 Å². The molecule has 126 valence electrons. The molecule has 1 saturated heterocycles. The van der Waals surface area contributed by atoms with Gasteiger partial charge in [0.15, 0.2) is 0 Å². The molecule has 1 fully saturated rings. The van der Waals surface area contributed by atoms with Crippen LogP contribution in [0.25, 0.3) is 0 Å². The summed E-state index contributed by atoms with van der Waals surface area (Å²) in [5.74, 6) is 0.863. The average molecular weight is 338 g/mol. The van der Waals surface area contributed by atoms with Gasteiger partial charge in [-0.25, -0.2) is 8.42 Å². The van der Waals surface area contributed by atoms with Gasteiger partial charge in [-0.3, -0.25) is 4.79 Å². The standard InChI is InChI=1S/C16H22N2O4S/c1-2-16(19)17-7-9-18(10-8-17)23(20,21)14-5-6-15-13(12-14)4-3-11-22-15/h5-6,12H,2-4,7-11H2,1H3. The molecule has 0 aromatic heterocycles. The SMILES string of the molecule is CCC(=O)N1CCN(S(=O)(=O)c2ccc3c(c2)CCCO3)CC1. The first kappa shape index (κ1) is 16.3. The second-order valence-electron chi connectivity index (χ2n) is 5.86. The van der Waals surface area contributed by atoms with Gasteiger partial charge in [-0.15, -0.1) is 0 Å². The first-order chi connectivity index (χ1) is 11.0. The van der Waals surface area contributed by atoms with Gasteiger partial charge in [-0.2, -0.15) is 4.31 Å². The van der Waals surface area contributed by atoms with Crippen LogP contribution >= 0.6 is 0 Å². The number of carbonyl (C=O) groups is 1. The lowest BCUT2D eigenvalue weighted by atomic mass is 10.1. The molecule has 1 amide bonds. The van der Waals surface area contributed by atoms with Crippen molar-refractivity contribution in [2.75, 3.05) is 32.8 Å². The summed E-state index contributed by atoms with van der Waals surface area (Å²) in [6.45, 7) is 4.12. The maximum absolute atomic E-state index is 12.8. The number of fused-ring (bicyclic) bond motifs is 1. The van der Waals surface area contributed by atoms with Crippen molar-refractivity contribution in [2.24, 2.45) is 0 Å². The molecule has 0 unspecified atom stereocenters. The van der Waals surface area contributed by atoms with E-state index in [1.54, 1.807) is 23.1 Å². The van der Waals surface area contributed by atoms with E-state index < -0.39 is 10.0 Å². The van der Waals surface area contributed by atoms with Crippen molar-refractivity contribution in [3.05, 3.63) is 23.8 Å². The molecule has 0 saturated carbocycles. The Hall–Kier alpha value is -1.60. The molecule has 2 aliphatic rings. The first-order valence-corrected chi connectivity index (χ1v) is 9.50. The monoisotopic (exact) mass is 338 g/mol. The highest BCUT2D eigenvalue weighted by molar-refractivity contribution is 7.89. The Morgan fingerprint density at radius 1 is 1.22 bits per heavy atom. The maximum Gasteiger partial charge on any atom is 0.243 e. The van der Waals surface area contributed by atoms with Crippen LogP contribution in [0.2, 0.25) is 0 Å². The second kappa shape index (κ2) is 6.49.